The van der Waals surface area contributed by atoms with E-state index in [1.165, 1.54) is 0 Å². The van der Waals surface area contributed by atoms with E-state index in [1.807, 2.05) is 30.3 Å². The highest BCUT2D eigenvalue weighted by atomic mass is 19.4. The molecule has 2 N–H and O–H groups in total. The summed E-state index contributed by atoms with van der Waals surface area (Å²) in [6, 6.07) is 19.7. The molecule has 0 aromatic heterocycles. The van der Waals surface area contributed by atoms with Crippen LogP contribution in [0.2, 0.25) is 0 Å². The summed E-state index contributed by atoms with van der Waals surface area (Å²) in [5.74, 6) is -1.62. The van der Waals surface area contributed by atoms with E-state index in [1.54, 1.807) is 12.1 Å². The molecule has 1 heterocycles. The second kappa shape index (κ2) is 14.6. The van der Waals surface area contributed by atoms with E-state index in [0.29, 0.717) is 18.1 Å². The molecule has 1 fully saturated rings. The largest absolute Gasteiger partial charge is 0.494 e. The Hall–Kier alpha value is -3.09. The summed E-state index contributed by atoms with van der Waals surface area (Å²) in [4.78, 5) is 11.4. The van der Waals surface area contributed by atoms with Crippen molar-refractivity contribution in [3.05, 3.63) is 65.7 Å². The topological polar surface area (TPSA) is 93.8 Å². The van der Waals surface area contributed by atoms with Crippen molar-refractivity contribution >= 4 is 5.97 Å². The molecule has 0 bridgehead atoms. The standard InChI is InChI=1S/C26H34N2O2.C2HF3O2/c1-2-3-16-26(29,23-8-5-4-6-9-23)24-14-18-28(19-15-24)17-7-20-30-25-12-10-22(21-27)11-13-25;3-2(4,5)1(6)7/h4-6,8-13,24,29H,2-3,7,14-20H2,1H3;(H,6,7). The van der Waals surface area contributed by atoms with E-state index in [9.17, 15) is 18.3 Å². The third-order valence-electron chi connectivity index (χ3n) is 6.56. The number of halogens is 3. The van der Waals surface area contributed by atoms with Crippen molar-refractivity contribution in [2.24, 2.45) is 5.92 Å². The number of benzene rings is 2. The lowest BCUT2D eigenvalue weighted by atomic mass is 9.73. The van der Waals surface area contributed by atoms with Crippen LogP contribution in [0.25, 0.3) is 0 Å². The van der Waals surface area contributed by atoms with Gasteiger partial charge in [0.15, 0.2) is 0 Å². The number of unbranched alkanes of at least 4 members (excludes halogenated alkanes) is 1. The van der Waals surface area contributed by atoms with Gasteiger partial charge in [-0.05, 0) is 74.5 Å². The van der Waals surface area contributed by atoms with Crippen LogP contribution < -0.4 is 4.74 Å². The van der Waals surface area contributed by atoms with E-state index in [-0.39, 0.29) is 0 Å². The quantitative estimate of drug-likeness (QED) is 0.388. The zero-order chi connectivity index (χ0) is 27.3. The zero-order valence-corrected chi connectivity index (χ0v) is 21.1. The lowest BCUT2D eigenvalue weighted by Crippen LogP contribution is -2.44. The number of carboxylic acids is 1. The predicted octanol–water partition coefficient (Wildman–Crippen LogP) is 5.75. The van der Waals surface area contributed by atoms with E-state index in [0.717, 1.165) is 69.5 Å². The Balaban J connectivity index is 0.000000604. The van der Waals surface area contributed by atoms with Crippen molar-refractivity contribution in [2.75, 3.05) is 26.2 Å². The smallest absolute Gasteiger partial charge is 0.490 e. The molecule has 1 saturated heterocycles. The molecule has 1 aliphatic rings. The molecular formula is C28H35F3N2O4. The molecular weight excluding hydrogens is 485 g/mol. The van der Waals surface area contributed by atoms with Gasteiger partial charge in [0.05, 0.1) is 23.8 Å². The second-order valence-corrected chi connectivity index (χ2v) is 9.15. The number of nitriles is 1. The molecule has 2 aromatic carbocycles. The number of aliphatic carboxylic acids is 1. The van der Waals surface area contributed by atoms with Gasteiger partial charge in [-0.2, -0.15) is 18.4 Å². The van der Waals surface area contributed by atoms with Crippen LogP contribution in [0.4, 0.5) is 13.2 Å². The Morgan fingerprint density at radius 3 is 2.19 bits per heavy atom. The van der Waals surface area contributed by atoms with Gasteiger partial charge in [-0.25, -0.2) is 4.79 Å². The number of hydrogen-bond acceptors (Lipinski definition) is 5. The number of aliphatic hydroxyl groups is 1. The summed E-state index contributed by atoms with van der Waals surface area (Å²) < 4.78 is 37.5. The Morgan fingerprint density at radius 1 is 1.08 bits per heavy atom. The van der Waals surface area contributed by atoms with Crippen molar-refractivity contribution in [1.82, 2.24) is 4.90 Å². The van der Waals surface area contributed by atoms with E-state index < -0.39 is 17.7 Å². The molecule has 1 atom stereocenters. The number of hydrogen-bond donors (Lipinski definition) is 2. The third kappa shape index (κ3) is 9.71. The van der Waals surface area contributed by atoms with Crippen molar-refractivity contribution in [1.29, 1.82) is 5.26 Å². The van der Waals surface area contributed by atoms with Gasteiger partial charge in [0.25, 0.3) is 0 Å². The van der Waals surface area contributed by atoms with Gasteiger partial charge in [-0.15, -0.1) is 0 Å². The molecule has 37 heavy (non-hydrogen) atoms. The van der Waals surface area contributed by atoms with Crippen molar-refractivity contribution in [2.45, 2.75) is 57.2 Å². The lowest BCUT2D eigenvalue weighted by molar-refractivity contribution is -0.192. The first-order valence-electron chi connectivity index (χ1n) is 12.5. The number of alkyl halides is 3. The highest BCUT2D eigenvalue weighted by Gasteiger charge is 2.39. The molecule has 6 nitrogen and oxygen atoms in total. The van der Waals surface area contributed by atoms with E-state index in [4.69, 9.17) is 19.9 Å². The maximum Gasteiger partial charge on any atom is 0.490 e. The maximum atomic E-state index is 11.6. The lowest BCUT2D eigenvalue weighted by Gasteiger charge is -2.42. The normalized spacial score (nSPS) is 16.1. The fraction of sp³-hybridized carbons (Fsp3) is 0.500. The summed E-state index contributed by atoms with van der Waals surface area (Å²) in [5, 5.41) is 27.6. The average Bonchev–Trinajstić information content (AvgIpc) is 2.90. The molecule has 0 radical (unpaired) electrons. The SMILES string of the molecule is CCCCC(O)(c1ccccc1)C1CCN(CCCOc2ccc(C#N)cc2)CC1.O=C(O)C(F)(F)F. The summed E-state index contributed by atoms with van der Waals surface area (Å²) in [6.45, 7) is 5.94. The Morgan fingerprint density at radius 2 is 1.68 bits per heavy atom. The number of carbonyl (C=O) groups is 1. The van der Waals surface area contributed by atoms with Crippen LogP contribution in [-0.2, 0) is 10.4 Å². The molecule has 0 aliphatic carbocycles. The maximum absolute atomic E-state index is 11.6. The summed E-state index contributed by atoms with van der Waals surface area (Å²) >= 11 is 0. The molecule has 1 unspecified atom stereocenters. The van der Waals surface area contributed by atoms with Crippen LogP contribution in [0.5, 0.6) is 5.75 Å². The Bertz CT molecular complexity index is 985. The number of likely N-dealkylation sites (tertiary alicyclic amines) is 1. The first kappa shape index (κ1) is 30.1. The zero-order valence-electron chi connectivity index (χ0n) is 21.1. The number of ether oxygens (including phenoxy) is 1. The minimum atomic E-state index is -5.08. The molecule has 0 saturated carbocycles. The minimum Gasteiger partial charge on any atom is -0.494 e. The van der Waals surface area contributed by atoms with E-state index in [2.05, 4.69) is 30.0 Å². The first-order valence-corrected chi connectivity index (χ1v) is 12.5. The second-order valence-electron chi connectivity index (χ2n) is 9.15. The third-order valence-corrected chi connectivity index (χ3v) is 6.56. The molecule has 0 amide bonds. The van der Waals surface area contributed by atoms with E-state index >= 15 is 0 Å². The molecule has 2 aromatic rings. The molecule has 202 valence electrons. The average molecular weight is 521 g/mol. The highest BCUT2D eigenvalue weighted by Crippen LogP contribution is 2.40. The Kier molecular flexibility index (Phi) is 11.9. The number of nitrogens with zero attached hydrogens (tertiary/aromatic N) is 2. The highest BCUT2D eigenvalue weighted by molar-refractivity contribution is 5.73. The molecule has 3 rings (SSSR count). The number of piperidine rings is 1. The fourth-order valence-corrected chi connectivity index (χ4v) is 4.50. The van der Waals surface area contributed by atoms with Gasteiger partial charge < -0.3 is 19.8 Å². The molecule has 1 aliphatic heterocycles. The van der Waals surface area contributed by atoms with Crippen LogP contribution in [-0.4, -0.2) is 53.5 Å². The fourth-order valence-electron chi connectivity index (χ4n) is 4.50. The number of carboxylic acid groups (broad SMARTS) is 1. The molecule has 9 heteroatoms. The van der Waals surface area contributed by atoms with Crippen molar-refractivity contribution in [3.63, 3.8) is 0 Å². The summed E-state index contributed by atoms with van der Waals surface area (Å²) in [7, 11) is 0. The molecule has 0 spiro atoms. The van der Waals surface area contributed by atoms with Gasteiger partial charge in [0.2, 0.25) is 0 Å². The van der Waals surface area contributed by atoms with Gasteiger partial charge in [-0.1, -0.05) is 50.1 Å². The Labute approximate surface area is 216 Å². The summed E-state index contributed by atoms with van der Waals surface area (Å²) in [6.07, 6.45) is 0.961. The monoisotopic (exact) mass is 520 g/mol. The van der Waals surface area contributed by atoms with Gasteiger partial charge in [-0.3, -0.25) is 0 Å². The van der Waals surface area contributed by atoms with Gasteiger partial charge >= 0.3 is 12.1 Å². The summed E-state index contributed by atoms with van der Waals surface area (Å²) in [5.41, 5.74) is 1.02. The number of rotatable bonds is 10. The minimum absolute atomic E-state index is 0.317. The first-order chi connectivity index (χ1) is 17.6. The van der Waals surface area contributed by atoms with Crippen LogP contribution >= 0.6 is 0 Å². The van der Waals surface area contributed by atoms with Gasteiger partial charge in [0.1, 0.15) is 5.75 Å². The van der Waals surface area contributed by atoms with Crippen LogP contribution in [0, 0.1) is 17.2 Å². The van der Waals surface area contributed by atoms with Crippen molar-refractivity contribution in [3.8, 4) is 11.8 Å². The van der Waals surface area contributed by atoms with Crippen molar-refractivity contribution < 1.29 is 32.9 Å². The van der Waals surface area contributed by atoms with Crippen LogP contribution in [0.15, 0.2) is 54.6 Å². The van der Waals surface area contributed by atoms with Crippen LogP contribution in [0.3, 0.4) is 0 Å². The predicted molar refractivity (Wildman–Crippen MR) is 134 cm³/mol. The van der Waals surface area contributed by atoms with Crippen LogP contribution in [0.1, 0.15) is 56.6 Å². The van der Waals surface area contributed by atoms with Gasteiger partial charge in [0, 0.05) is 6.54 Å².